The quantitative estimate of drug-likeness (QED) is 0.102. The van der Waals surface area contributed by atoms with Crippen LogP contribution >= 0.6 is 11.3 Å². The molecule has 3 heterocycles. The van der Waals surface area contributed by atoms with Crippen molar-refractivity contribution in [3.63, 3.8) is 0 Å². The molecule has 6 rings (SSSR count). The second-order valence-corrected chi connectivity index (χ2v) is 11.0. The zero-order valence-electron chi connectivity index (χ0n) is 22.4. The van der Waals surface area contributed by atoms with Crippen molar-refractivity contribution in [3.8, 4) is 5.75 Å². The van der Waals surface area contributed by atoms with Gasteiger partial charge in [-0.25, -0.2) is 9.78 Å². The fourth-order valence-electron chi connectivity index (χ4n) is 5.41. The van der Waals surface area contributed by atoms with Crippen molar-refractivity contribution >= 4 is 50.7 Å². The molecule has 1 aromatic heterocycles. The second-order valence-electron chi connectivity index (χ2n) is 9.99. The molecule has 0 saturated carbocycles. The first-order valence-electron chi connectivity index (χ1n) is 13.1. The number of esters is 1. The molecule has 9 heteroatoms. The topological polar surface area (TPSA) is 106 Å². The van der Waals surface area contributed by atoms with Gasteiger partial charge in [0.1, 0.15) is 29.1 Å². The molecule has 2 aliphatic heterocycles. The lowest BCUT2D eigenvalue weighted by atomic mass is 9.91. The largest absolute Gasteiger partial charge is 0.507 e. The third-order valence-corrected chi connectivity index (χ3v) is 8.38. The number of ketones is 1. The molecular formula is C32H26N2O6S. The molecule has 8 nitrogen and oxygen atoms in total. The van der Waals surface area contributed by atoms with Crippen molar-refractivity contribution in [2.45, 2.75) is 32.4 Å². The number of carbonyl (C=O) groups excluding carboxylic acids is 3. The van der Waals surface area contributed by atoms with Gasteiger partial charge >= 0.3 is 11.9 Å². The maximum atomic E-state index is 13.7. The van der Waals surface area contributed by atoms with Crippen molar-refractivity contribution < 1.29 is 29.0 Å². The third-order valence-electron chi connectivity index (χ3n) is 7.24. The number of fused-ring (bicyclic) bond motifs is 2. The van der Waals surface area contributed by atoms with Gasteiger partial charge in [0.25, 0.3) is 5.78 Å². The van der Waals surface area contributed by atoms with Gasteiger partial charge in [0.05, 0.1) is 17.3 Å². The number of hydrogen-bond acceptors (Lipinski definition) is 8. The molecule has 41 heavy (non-hydrogen) atoms. The van der Waals surface area contributed by atoms with E-state index in [-0.39, 0.29) is 34.1 Å². The summed E-state index contributed by atoms with van der Waals surface area (Å²) in [7, 11) is 0. The van der Waals surface area contributed by atoms with E-state index in [0.717, 1.165) is 33.4 Å². The molecule has 2 aliphatic rings. The molecular weight excluding hydrogens is 540 g/mol. The number of benzene rings is 3. The summed E-state index contributed by atoms with van der Waals surface area (Å²) in [6.07, 6.45) is 2.13. The van der Waals surface area contributed by atoms with Crippen molar-refractivity contribution in [2.75, 3.05) is 11.5 Å². The Labute approximate surface area is 240 Å². The van der Waals surface area contributed by atoms with E-state index in [1.54, 1.807) is 25.1 Å². The standard InChI is InChI=1S/C32H26N2O6S/c1-4-14-39-31(38)29-18(3)33-32(41-29)34-26(23-11-7-9-19-8-5-6-10-22(19)23)25(28(36)30(34)37)27(35)20-12-13-24-21(16-20)15-17(2)40-24/h4-13,16-17,26,35H,1,14-15H2,2-3H3/b27-25+. The van der Waals surface area contributed by atoms with E-state index in [9.17, 15) is 19.5 Å². The summed E-state index contributed by atoms with van der Waals surface area (Å²) in [6, 6.07) is 17.5. The van der Waals surface area contributed by atoms with E-state index >= 15 is 0 Å². The number of Topliss-reactive ketones (excluding diaryl/α,β-unsaturated/α-hetero) is 1. The Bertz CT molecular complexity index is 1780. The number of aromatic nitrogens is 1. The molecule has 3 aromatic carbocycles. The van der Waals surface area contributed by atoms with E-state index in [1.807, 2.05) is 49.4 Å². The lowest BCUT2D eigenvalue weighted by Gasteiger charge is -2.24. The van der Waals surface area contributed by atoms with E-state index < -0.39 is 23.7 Å². The van der Waals surface area contributed by atoms with Crippen LogP contribution in [0.1, 0.15) is 45.0 Å². The number of aliphatic hydroxyl groups excluding tert-OH is 1. The van der Waals surface area contributed by atoms with Gasteiger partial charge < -0.3 is 14.6 Å². The van der Waals surface area contributed by atoms with E-state index in [4.69, 9.17) is 9.47 Å². The van der Waals surface area contributed by atoms with Crippen LogP contribution in [0.25, 0.3) is 16.5 Å². The Kier molecular flexibility index (Phi) is 6.67. The normalized spacial score (nSPS) is 19.3. The summed E-state index contributed by atoms with van der Waals surface area (Å²) >= 11 is 0.963. The van der Waals surface area contributed by atoms with Gasteiger partial charge in [0, 0.05) is 12.0 Å². The molecule has 1 amide bonds. The minimum Gasteiger partial charge on any atom is -0.507 e. The number of aliphatic hydroxyl groups is 1. The Morgan fingerprint density at radius 2 is 1.98 bits per heavy atom. The lowest BCUT2D eigenvalue weighted by Crippen LogP contribution is -2.29. The first-order chi connectivity index (χ1) is 19.8. The first kappa shape index (κ1) is 26.5. The van der Waals surface area contributed by atoms with Crippen LogP contribution < -0.4 is 9.64 Å². The fraction of sp³-hybridized carbons (Fsp3) is 0.188. The van der Waals surface area contributed by atoms with Gasteiger partial charge in [-0.3, -0.25) is 14.5 Å². The smallest absolute Gasteiger partial charge is 0.350 e. The number of rotatable bonds is 6. The summed E-state index contributed by atoms with van der Waals surface area (Å²) in [4.78, 5) is 46.1. The Balaban J connectivity index is 1.55. The molecule has 2 atom stereocenters. The molecule has 206 valence electrons. The SMILES string of the molecule is C=CCOC(=O)c1sc(N2C(=O)C(=O)/C(=C(/O)c3ccc4c(c3)CC(C)O4)C2c2cccc3ccccc23)nc1C. The molecule has 1 saturated heterocycles. The van der Waals surface area contributed by atoms with Gasteiger partial charge in [-0.1, -0.05) is 66.5 Å². The molecule has 2 unspecified atom stereocenters. The fourth-order valence-corrected chi connectivity index (χ4v) is 6.40. The Morgan fingerprint density at radius 1 is 1.20 bits per heavy atom. The summed E-state index contributed by atoms with van der Waals surface area (Å²) in [5, 5.41) is 13.5. The monoisotopic (exact) mass is 566 g/mol. The van der Waals surface area contributed by atoms with Crippen LogP contribution in [0.5, 0.6) is 5.75 Å². The number of nitrogens with zero attached hydrogens (tertiary/aromatic N) is 2. The van der Waals surface area contributed by atoms with Gasteiger partial charge in [-0.2, -0.15) is 0 Å². The van der Waals surface area contributed by atoms with Gasteiger partial charge in [0.15, 0.2) is 5.13 Å². The highest BCUT2D eigenvalue weighted by molar-refractivity contribution is 7.17. The molecule has 0 spiro atoms. The number of aryl methyl sites for hydroxylation is 1. The molecule has 0 aliphatic carbocycles. The van der Waals surface area contributed by atoms with Crippen LogP contribution in [0.15, 0.2) is 78.9 Å². The predicted octanol–water partition coefficient (Wildman–Crippen LogP) is 5.90. The van der Waals surface area contributed by atoms with Crippen molar-refractivity contribution in [2.24, 2.45) is 0 Å². The van der Waals surface area contributed by atoms with E-state index in [1.165, 1.54) is 11.0 Å². The minimum absolute atomic E-state index is 0.00386. The van der Waals surface area contributed by atoms with E-state index in [0.29, 0.717) is 23.2 Å². The maximum absolute atomic E-state index is 13.7. The van der Waals surface area contributed by atoms with E-state index in [2.05, 4.69) is 11.6 Å². The lowest BCUT2D eigenvalue weighted by molar-refractivity contribution is -0.132. The molecule has 1 fully saturated rings. The van der Waals surface area contributed by atoms with Crippen LogP contribution in [0.4, 0.5) is 5.13 Å². The highest BCUT2D eigenvalue weighted by atomic mass is 32.1. The summed E-state index contributed by atoms with van der Waals surface area (Å²) < 4.78 is 11.0. The summed E-state index contributed by atoms with van der Waals surface area (Å²) in [5.74, 6) is -1.84. The van der Waals surface area contributed by atoms with Crippen molar-refractivity contribution in [3.05, 3.63) is 106 Å². The van der Waals surface area contributed by atoms with Crippen LogP contribution in [-0.4, -0.2) is 40.5 Å². The van der Waals surface area contributed by atoms with Crippen LogP contribution in [-0.2, 0) is 20.7 Å². The van der Waals surface area contributed by atoms with Crippen LogP contribution in [0, 0.1) is 6.92 Å². The maximum Gasteiger partial charge on any atom is 0.350 e. The highest BCUT2D eigenvalue weighted by Crippen LogP contribution is 2.46. The minimum atomic E-state index is -0.993. The zero-order chi connectivity index (χ0) is 28.8. The zero-order valence-corrected chi connectivity index (χ0v) is 23.2. The third kappa shape index (κ3) is 4.48. The molecule has 0 radical (unpaired) electrons. The molecule has 4 aromatic rings. The number of amides is 1. The van der Waals surface area contributed by atoms with Crippen molar-refractivity contribution in [1.82, 2.24) is 4.98 Å². The van der Waals surface area contributed by atoms with Gasteiger partial charge in [-0.15, -0.1) is 0 Å². The molecule has 0 bridgehead atoms. The second kappa shape index (κ2) is 10.3. The number of hydrogen-bond donors (Lipinski definition) is 1. The average Bonchev–Trinajstić information content (AvgIpc) is 3.62. The van der Waals surface area contributed by atoms with Crippen LogP contribution in [0.2, 0.25) is 0 Å². The summed E-state index contributed by atoms with van der Waals surface area (Å²) in [5.41, 5.74) is 2.28. The summed E-state index contributed by atoms with van der Waals surface area (Å²) in [6.45, 7) is 7.19. The van der Waals surface area contributed by atoms with Crippen molar-refractivity contribution in [1.29, 1.82) is 0 Å². The number of thiazole rings is 1. The number of ether oxygens (including phenoxy) is 2. The predicted molar refractivity (Wildman–Crippen MR) is 156 cm³/mol. The number of carbonyl (C=O) groups is 3. The highest BCUT2D eigenvalue weighted by Gasteiger charge is 2.49. The first-order valence-corrected chi connectivity index (χ1v) is 13.9. The van der Waals surface area contributed by atoms with Gasteiger partial charge in [0.2, 0.25) is 0 Å². The number of anilines is 1. The van der Waals surface area contributed by atoms with Gasteiger partial charge in [-0.05, 0) is 53.9 Å². The Hall–Kier alpha value is -4.76. The average molecular weight is 567 g/mol. The molecule has 1 N–H and O–H groups in total. The Morgan fingerprint density at radius 3 is 2.78 bits per heavy atom. The van der Waals surface area contributed by atoms with Crippen LogP contribution in [0.3, 0.4) is 0 Å².